The number of rotatable bonds is 20. The zero-order valence-corrected chi connectivity index (χ0v) is 22.5. The van der Waals surface area contributed by atoms with Gasteiger partial charge in [-0.1, -0.05) is 58.3 Å². The van der Waals surface area contributed by atoms with Crippen molar-refractivity contribution in [2.75, 3.05) is 27.7 Å². The van der Waals surface area contributed by atoms with Crippen molar-refractivity contribution in [3.63, 3.8) is 0 Å². The summed E-state index contributed by atoms with van der Waals surface area (Å²) in [5, 5.41) is 10.9. The molecule has 1 unspecified atom stereocenters. The highest BCUT2D eigenvalue weighted by molar-refractivity contribution is 5.70. The Bertz CT molecular complexity index is 704. The molecule has 6 heteroatoms. The maximum atomic E-state index is 12.1. The van der Waals surface area contributed by atoms with E-state index in [2.05, 4.69) is 19.9 Å². The van der Waals surface area contributed by atoms with Gasteiger partial charge in [-0.2, -0.15) is 0 Å². The van der Waals surface area contributed by atoms with Gasteiger partial charge in [0.15, 0.2) is 6.10 Å². The minimum Gasteiger partial charge on any atom is -0.550 e. The molecule has 1 heterocycles. The van der Waals surface area contributed by atoms with Crippen LogP contribution in [0.5, 0.6) is 0 Å². The smallest absolute Gasteiger partial charge is 0.306 e. The Labute approximate surface area is 207 Å². The molecule has 0 saturated heterocycles. The number of aliphatic carboxylic acids is 1. The van der Waals surface area contributed by atoms with Gasteiger partial charge in [0, 0.05) is 31.7 Å². The number of carbonyl (C=O) groups excluding carboxylic acids is 2. The number of nitrogens with zero attached hydrogens (tertiary/aromatic N) is 1. The Hall–Kier alpha value is -1.82. The molecule has 1 aromatic heterocycles. The molecular formula is C28H49NO5. The maximum absolute atomic E-state index is 12.1. The van der Waals surface area contributed by atoms with Crippen molar-refractivity contribution in [3.05, 3.63) is 23.2 Å². The first-order chi connectivity index (χ1) is 16.1. The van der Waals surface area contributed by atoms with E-state index in [4.69, 9.17) is 9.15 Å². The van der Waals surface area contributed by atoms with Gasteiger partial charge in [-0.15, -0.1) is 0 Å². The van der Waals surface area contributed by atoms with Crippen LogP contribution >= 0.6 is 0 Å². The fraction of sp³-hybridized carbons (Fsp3) is 0.786. The van der Waals surface area contributed by atoms with E-state index in [1.165, 1.54) is 56.3 Å². The van der Waals surface area contributed by atoms with Gasteiger partial charge in [0.25, 0.3) is 0 Å². The summed E-state index contributed by atoms with van der Waals surface area (Å²) in [4.78, 5) is 23.0. The molecule has 0 aromatic carbocycles. The van der Waals surface area contributed by atoms with Crippen LogP contribution < -0.4 is 5.11 Å². The van der Waals surface area contributed by atoms with Gasteiger partial charge < -0.3 is 23.5 Å². The fourth-order valence-corrected chi connectivity index (χ4v) is 4.36. The standard InChI is InChI=1S/C28H49NO5/c1-6-17-24-20-23(2)26(33-24)18-15-13-11-9-7-8-10-12-14-16-19-28(32)34-25(21-27(30)31)22-29(3,4)5/h20,25H,6-19,21-22H2,1-5H3. The average Bonchev–Trinajstić information content (AvgIpc) is 3.06. The third-order valence-corrected chi connectivity index (χ3v) is 6.05. The predicted molar refractivity (Wildman–Crippen MR) is 134 cm³/mol. The largest absolute Gasteiger partial charge is 0.550 e. The first-order valence-corrected chi connectivity index (χ1v) is 13.4. The van der Waals surface area contributed by atoms with Crippen LogP contribution in [0.2, 0.25) is 0 Å². The number of unbranched alkanes of at least 4 members (excludes halogenated alkanes) is 9. The molecule has 1 aromatic rings. The summed E-state index contributed by atoms with van der Waals surface area (Å²) in [6, 6.07) is 2.20. The number of aryl methyl sites for hydroxylation is 3. The monoisotopic (exact) mass is 479 g/mol. The van der Waals surface area contributed by atoms with Crippen LogP contribution in [0.3, 0.4) is 0 Å². The number of hydrogen-bond acceptors (Lipinski definition) is 5. The van der Waals surface area contributed by atoms with Gasteiger partial charge in [-0.05, 0) is 37.8 Å². The summed E-state index contributed by atoms with van der Waals surface area (Å²) >= 11 is 0. The van der Waals surface area contributed by atoms with Crippen LogP contribution in [0.4, 0.5) is 0 Å². The number of furan rings is 1. The summed E-state index contributed by atoms with van der Waals surface area (Å²) < 4.78 is 11.9. The van der Waals surface area contributed by atoms with Crippen LogP contribution in [-0.2, 0) is 27.2 Å². The van der Waals surface area contributed by atoms with Gasteiger partial charge in [0.05, 0.1) is 21.1 Å². The summed E-state index contributed by atoms with van der Waals surface area (Å²) in [5.41, 5.74) is 1.30. The van der Waals surface area contributed by atoms with Gasteiger partial charge in [0.2, 0.25) is 0 Å². The highest BCUT2D eigenvalue weighted by Crippen LogP contribution is 2.19. The van der Waals surface area contributed by atoms with Crippen molar-refractivity contribution in [1.29, 1.82) is 0 Å². The Balaban J connectivity index is 2.00. The normalized spacial score (nSPS) is 12.6. The van der Waals surface area contributed by atoms with Crippen molar-refractivity contribution < 1.29 is 28.3 Å². The lowest BCUT2D eigenvalue weighted by atomic mass is 10.0. The van der Waals surface area contributed by atoms with E-state index >= 15 is 0 Å². The van der Waals surface area contributed by atoms with Crippen LogP contribution in [-0.4, -0.2) is 50.2 Å². The molecule has 0 bridgehead atoms. The van der Waals surface area contributed by atoms with Gasteiger partial charge >= 0.3 is 5.97 Å². The molecule has 0 aliphatic rings. The van der Waals surface area contributed by atoms with E-state index in [9.17, 15) is 14.7 Å². The second kappa shape index (κ2) is 16.7. The molecule has 0 radical (unpaired) electrons. The van der Waals surface area contributed by atoms with E-state index in [-0.39, 0.29) is 12.4 Å². The van der Waals surface area contributed by atoms with Crippen LogP contribution in [0.25, 0.3) is 0 Å². The Morgan fingerprint density at radius 2 is 1.50 bits per heavy atom. The molecule has 0 N–H and O–H groups in total. The second-order valence-corrected chi connectivity index (χ2v) is 10.8. The SMILES string of the molecule is CCCc1cc(C)c(CCCCCCCCCCCCC(=O)OC(CC(=O)[O-])C[N+](C)(C)C)o1. The first kappa shape index (κ1) is 30.2. The van der Waals surface area contributed by atoms with E-state index in [1.807, 2.05) is 21.1 Å². The van der Waals surface area contributed by atoms with Gasteiger partial charge in [0.1, 0.15) is 18.1 Å². The molecule has 0 saturated carbocycles. The van der Waals surface area contributed by atoms with Crippen molar-refractivity contribution in [2.24, 2.45) is 0 Å². The number of quaternary nitrogens is 1. The van der Waals surface area contributed by atoms with E-state index in [0.29, 0.717) is 17.4 Å². The fourth-order valence-electron chi connectivity index (χ4n) is 4.36. The molecule has 1 atom stereocenters. The molecular weight excluding hydrogens is 430 g/mol. The second-order valence-electron chi connectivity index (χ2n) is 10.8. The zero-order chi connectivity index (χ0) is 25.4. The predicted octanol–water partition coefficient (Wildman–Crippen LogP) is 5.13. The molecule has 0 aliphatic carbocycles. The van der Waals surface area contributed by atoms with Crippen molar-refractivity contribution >= 4 is 11.9 Å². The lowest BCUT2D eigenvalue weighted by molar-refractivity contribution is -0.873. The van der Waals surface area contributed by atoms with Crippen LogP contribution in [0.1, 0.15) is 107 Å². The Morgan fingerprint density at radius 1 is 0.941 bits per heavy atom. The zero-order valence-electron chi connectivity index (χ0n) is 22.5. The quantitative estimate of drug-likeness (QED) is 0.147. The van der Waals surface area contributed by atoms with E-state index in [1.54, 1.807) is 0 Å². The minimum atomic E-state index is -1.18. The number of carboxylic acid groups (broad SMARTS) is 1. The van der Waals surface area contributed by atoms with Crippen molar-refractivity contribution in [1.82, 2.24) is 0 Å². The molecule has 0 aliphatic heterocycles. The maximum Gasteiger partial charge on any atom is 0.306 e. The molecule has 0 spiro atoms. The Morgan fingerprint density at radius 3 is 2.03 bits per heavy atom. The molecule has 6 nitrogen and oxygen atoms in total. The molecule has 0 amide bonds. The number of carbonyl (C=O) groups is 2. The molecule has 0 fully saturated rings. The van der Waals surface area contributed by atoms with Crippen molar-refractivity contribution in [3.8, 4) is 0 Å². The number of carboxylic acids is 1. The lowest BCUT2D eigenvalue weighted by Crippen LogP contribution is -2.45. The van der Waals surface area contributed by atoms with Crippen LogP contribution in [0, 0.1) is 6.92 Å². The topological polar surface area (TPSA) is 79.6 Å². The highest BCUT2D eigenvalue weighted by atomic mass is 16.5. The van der Waals surface area contributed by atoms with E-state index in [0.717, 1.165) is 44.3 Å². The molecule has 34 heavy (non-hydrogen) atoms. The van der Waals surface area contributed by atoms with Crippen molar-refractivity contribution in [2.45, 2.75) is 116 Å². The van der Waals surface area contributed by atoms with E-state index < -0.39 is 12.1 Å². The van der Waals surface area contributed by atoms with Gasteiger partial charge in [-0.25, -0.2) is 0 Å². The number of likely N-dealkylation sites (N-methyl/N-ethyl adjacent to an activating group) is 1. The summed E-state index contributed by atoms with van der Waals surface area (Å²) in [5.74, 6) is 0.827. The summed E-state index contributed by atoms with van der Waals surface area (Å²) in [6.07, 6.45) is 14.4. The van der Waals surface area contributed by atoms with Crippen LogP contribution in [0.15, 0.2) is 10.5 Å². The average molecular weight is 480 g/mol. The summed E-state index contributed by atoms with van der Waals surface area (Å²) in [6.45, 7) is 4.80. The number of hydrogen-bond donors (Lipinski definition) is 0. The minimum absolute atomic E-state index is 0.246. The Kier molecular flexibility index (Phi) is 14.9. The lowest BCUT2D eigenvalue weighted by Gasteiger charge is -2.29. The van der Waals surface area contributed by atoms with Gasteiger partial charge in [-0.3, -0.25) is 4.79 Å². The third kappa shape index (κ3) is 15.2. The first-order valence-electron chi connectivity index (χ1n) is 13.4. The highest BCUT2D eigenvalue weighted by Gasteiger charge is 2.22. The molecule has 1 rings (SSSR count). The summed E-state index contributed by atoms with van der Waals surface area (Å²) in [7, 11) is 5.84. The third-order valence-electron chi connectivity index (χ3n) is 6.05. The molecule has 196 valence electrons. The number of esters is 1. The number of ether oxygens (including phenoxy) is 1.